The molecule has 0 amide bonds. The molecule has 0 bridgehead atoms. The monoisotopic (exact) mass is 417 g/mol. The Morgan fingerprint density at radius 2 is 1.90 bits per heavy atom. The zero-order valence-electron chi connectivity index (χ0n) is 17.9. The number of rotatable bonds is 6. The normalized spacial score (nSPS) is 11.1. The number of esters is 1. The van der Waals surface area contributed by atoms with Crippen LogP contribution in [0.4, 0.5) is 0 Å². The first-order chi connectivity index (χ1) is 14.9. The van der Waals surface area contributed by atoms with Gasteiger partial charge in [0, 0.05) is 17.5 Å². The second kappa shape index (κ2) is 8.51. The lowest BCUT2D eigenvalue weighted by Gasteiger charge is -2.05. The van der Waals surface area contributed by atoms with Crippen molar-refractivity contribution in [2.45, 2.75) is 40.2 Å². The summed E-state index contributed by atoms with van der Waals surface area (Å²) >= 11 is 0. The van der Waals surface area contributed by atoms with Gasteiger partial charge < -0.3 is 9.26 Å². The van der Waals surface area contributed by atoms with E-state index in [2.05, 4.69) is 34.1 Å². The molecule has 0 saturated heterocycles. The highest BCUT2D eigenvalue weighted by Gasteiger charge is 2.14. The lowest BCUT2D eigenvalue weighted by atomic mass is 10.0. The van der Waals surface area contributed by atoms with E-state index in [1.165, 1.54) is 11.8 Å². The van der Waals surface area contributed by atoms with Crippen LogP contribution in [0.2, 0.25) is 0 Å². The number of hydrogen-bond donors (Lipinski definition) is 0. The maximum Gasteiger partial charge on any atom is 0.340 e. The van der Waals surface area contributed by atoms with Crippen LogP contribution in [-0.4, -0.2) is 30.9 Å². The summed E-state index contributed by atoms with van der Waals surface area (Å²) in [4.78, 5) is 21.0. The topological polar surface area (TPSA) is 95.9 Å². The van der Waals surface area contributed by atoms with E-state index < -0.39 is 5.97 Å². The van der Waals surface area contributed by atoms with Gasteiger partial charge in [0.25, 0.3) is 5.89 Å². The smallest absolute Gasteiger partial charge is 0.340 e. The van der Waals surface area contributed by atoms with Crippen LogP contribution < -0.4 is 0 Å². The molecule has 31 heavy (non-hydrogen) atoms. The summed E-state index contributed by atoms with van der Waals surface area (Å²) in [6.45, 7) is 8.02. The average molecular weight is 417 g/mol. The Morgan fingerprint density at radius 3 is 2.52 bits per heavy atom. The van der Waals surface area contributed by atoms with Gasteiger partial charge in [-0.05, 0) is 43.5 Å². The number of aromatic nitrogens is 5. The van der Waals surface area contributed by atoms with Crippen LogP contribution >= 0.6 is 0 Å². The van der Waals surface area contributed by atoms with E-state index in [1.807, 2.05) is 44.2 Å². The third-order valence-electron chi connectivity index (χ3n) is 4.84. The molecule has 3 aromatic heterocycles. The fraction of sp³-hybridized carbons (Fsp3) is 0.261. The van der Waals surface area contributed by atoms with Gasteiger partial charge in [-0.25, -0.2) is 14.5 Å². The molecule has 0 atom stereocenters. The predicted octanol–water partition coefficient (Wildman–Crippen LogP) is 4.41. The molecule has 0 radical (unpaired) electrons. The fourth-order valence-corrected chi connectivity index (χ4v) is 3.15. The molecule has 0 saturated carbocycles. The van der Waals surface area contributed by atoms with Gasteiger partial charge in [-0.15, -0.1) is 0 Å². The molecular weight excluding hydrogens is 394 g/mol. The maximum atomic E-state index is 12.3. The second-order valence-electron chi connectivity index (χ2n) is 7.61. The lowest BCUT2D eigenvalue weighted by Crippen LogP contribution is -2.08. The molecule has 8 heteroatoms. The molecule has 0 fully saturated rings. The van der Waals surface area contributed by atoms with Crippen LogP contribution in [-0.2, 0) is 11.3 Å². The van der Waals surface area contributed by atoms with Gasteiger partial charge in [0.2, 0.25) is 5.82 Å². The van der Waals surface area contributed by atoms with Gasteiger partial charge >= 0.3 is 5.97 Å². The van der Waals surface area contributed by atoms with Crippen LogP contribution in [0.15, 0.2) is 53.2 Å². The standard InChI is InChI=1S/C23H23N5O3/c1-14(2)17-5-7-18(8-6-17)22-25-21(31-27-22)13-30-23(29)19-9-10-20(24-12-19)28-16(4)11-15(3)26-28/h5-12,14H,13H2,1-4H3. The van der Waals surface area contributed by atoms with E-state index in [1.54, 1.807) is 16.8 Å². The van der Waals surface area contributed by atoms with E-state index in [4.69, 9.17) is 9.26 Å². The quantitative estimate of drug-likeness (QED) is 0.429. The van der Waals surface area contributed by atoms with Gasteiger partial charge in [0.1, 0.15) is 0 Å². The van der Waals surface area contributed by atoms with E-state index in [9.17, 15) is 4.79 Å². The van der Waals surface area contributed by atoms with Gasteiger partial charge in [0.05, 0.1) is 11.3 Å². The van der Waals surface area contributed by atoms with Crippen LogP contribution in [0.3, 0.4) is 0 Å². The number of nitrogens with zero attached hydrogens (tertiary/aromatic N) is 5. The number of ether oxygens (including phenoxy) is 1. The first-order valence-corrected chi connectivity index (χ1v) is 10.0. The Bertz CT molecular complexity index is 1190. The van der Waals surface area contributed by atoms with E-state index in [0.29, 0.717) is 23.1 Å². The minimum atomic E-state index is -0.520. The summed E-state index contributed by atoms with van der Waals surface area (Å²) in [6.07, 6.45) is 1.46. The molecule has 0 N–H and O–H groups in total. The van der Waals surface area contributed by atoms with Crippen molar-refractivity contribution in [1.82, 2.24) is 24.9 Å². The van der Waals surface area contributed by atoms with Crippen molar-refractivity contribution in [2.75, 3.05) is 0 Å². The van der Waals surface area contributed by atoms with Gasteiger partial charge in [-0.1, -0.05) is 43.3 Å². The summed E-state index contributed by atoms with van der Waals surface area (Å²) in [5.41, 5.74) is 4.27. The molecule has 0 aliphatic rings. The zero-order valence-corrected chi connectivity index (χ0v) is 17.9. The van der Waals surface area contributed by atoms with Crippen LogP contribution in [0.5, 0.6) is 0 Å². The summed E-state index contributed by atoms with van der Waals surface area (Å²) < 4.78 is 12.2. The summed E-state index contributed by atoms with van der Waals surface area (Å²) in [6, 6.07) is 13.3. The SMILES string of the molecule is Cc1cc(C)n(-c2ccc(C(=O)OCc3nc(-c4ccc(C(C)C)cc4)no3)cn2)n1. The van der Waals surface area contributed by atoms with Crippen molar-refractivity contribution >= 4 is 5.97 Å². The minimum absolute atomic E-state index is 0.116. The lowest BCUT2D eigenvalue weighted by molar-refractivity contribution is 0.0429. The highest BCUT2D eigenvalue weighted by Crippen LogP contribution is 2.21. The van der Waals surface area contributed by atoms with Crippen molar-refractivity contribution in [3.63, 3.8) is 0 Å². The van der Waals surface area contributed by atoms with E-state index >= 15 is 0 Å². The Labute approximate surface area is 179 Å². The third kappa shape index (κ3) is 4.53. The molecular formula is C23H23N5O3. The first kappa shape index (κ1) is 20.5. The van der Waals surface area contributed by atoms with Crippen molar-refractivity contribution in [3.05, 3.63) is 77.1 Å². The molecule has 158 valence electrons. The number of hydrogen-bond acceptors (Lipinski definition) is 7. The molecule has 0 aliphatic heterocycles. The fourth-order valence-electron chi connectivity index (χ4n) is 3.15. The van der Waals surface area contributed by atoms with Crippen LogP contribution in [0.1, 0.15) is 53.0 Å². The highest BCUT2D eigenvalue weighted by molar-refractivity contribution is 5.89. The minimum Gasteiger partial charge on any atom is -0.452 e. The Morgan fingerprint density at radius 1 is 1.13 bits per heavy atom. The molecule has 0 unspecified atom stereocenters. The second-order valence-corrected chi connectivity index (χ2v) is 7.61. The Hall–Kier alpha value is -3.81. The number of aryl methyl sites for hydroxylation is 2. The Kier molecular flexibility index (Phi) is 5.62. The highest BCUT2D eigenvalue weighted by atomic mass is 16.6. The van der Waals surface area contributed by atoms with Gasteiger partial charge in [0.15, 0.2) is 12.4 Å². The summed E-state index contributed by atoms with van der Waals surface area (Å²) in [5, 5.41) is 8.35. The molecule has 8 nitrogen and oxygen atoms in total. The molecule has 1 aromatic carbocycles. The molecule has 4 rings (SSSR count). The van der Waals surface area contributed by atoms with Crippen LogP contribution in [0.25, 0.3) is 17.2 Å². The molecule has 3 heterocycles. The molecule has 0 aliphatic carbocycles. The van der Waals surface area contributed by atoms with Gasteiger partial charge in [-0.3, -0.25) is 0 Å². The van der Waals surface area contributed by atoms with Crippen molar-refractivity contribution in [1.29, 1.82) is 0 Å². The number of carbonyl (C=O) groups excluding carboxylic acids is 1. The van der Waals surface area contributed by atoms with Crippen LogP contribution in [0, 0.1) is 13.8 Å². The number of pyridine rings is 1. The van der Waals surface area contributed by atoms with E-state index in [0.717, 1.165) is 17.0 Å². The number of benzene rings is 1. The van der Waals surface area contributed by atoms with Crippen molar-refractivity contribution in [3.8, 4) is 17.2 Å². The van der Waals surface area contributed by atoms with E-state index in [-0.39, 0.29) is 12.5 Å². The van der Waals surface area contributed by atoms with Gasteiger partial charge in [-0.2, -0.15) is 10.1 Å². The first-order valence-electron chi connectivity index (χ1n) is 10.0. The average Bonchev–Trinajstić information content (AvgIpc) is 3.38. The Balaban J connectivity index is 1.38. The van der Waals surface area contributed by atoms with Crippen molar-refractivity contribution in [2.24, 2.45) is 0 Å². The zero-order chi connectivity index (χ0) is 22.0. The predicted molar refractivity (Wildman–Crippen MR) is 114 cm³/mol. The van der Waals surface area contributed by atoms with Crippen molar-refractivity contribution < 1.29 is 14.1 Å². The maximum absolute atomic E-state index is 12.3. The summed E-state index contributed by atoms with van der Waals surface area (Å²) in [7, 11) is 0. The number of carbonyl (C=O) groups is 1. The molecule has 4 aromatic rings. The largest absolute Gasteiger partial charge is 0.452 e. The molecule has 0 spiro atoms. The summed E-state index contributed by atoms with van der Waals surface area (Å²) in [5.74, 6) is 1.24. The third-order valence-corrected chi connectivity index (χ3v) is 4.84.